The van der Waals surface area contributed by atoms with Crippen molar-refractivity contribution in [1.82, 2.24) is 4.98 Å². The van der Waals surface area contributed by atoms with Crippen molar-refractivity contribution in [1.29, 1.82) is 0 Å². The lowest BCUT2D eigenvalue weighted by atomic mass is 9.75. The van der Waals surface area contributed by atoms with Crippen LogP contribution in [0.4, 0.5) is 11.4 Å². The Morgan fingerprint density at radius 3 is 0.883 bits per heavy atom. The van der Waals surface area contributed by atoms with Gasteiger partial charge in [-0.15, -0.1) is 0 Å². The zero-order chi connectivity index (χ0) is 40.7. The molecule has 0 bridgehead atoms. The fraction of sp³-hybridized carbons (Fsp3) is 0.667. The summed E-state index contributed by atoms with van der Waals surface area (Å²) in [5.41, 5.74) is 16.4. The van der Waals surface area contributed by atoms with Gasteiger partial charge in [-0.1, -0.05) is 146 Å². The van der Waals surface area contributed by atoms with E-state index in [1.165, 1.54) is 204 Å². The minimum absolute atomic E-state index is 0.631. The van der Waals surface area contributed by atoms with E-state index in [0.29, 0.717) is 23.7 Å². The molecule has 1 heterocycles. The second-order valence-electron chi connectivity index (χ2n) is 20.9. The van der Waals surface area contributed by atoms with Gasteiger partial charge in [0.25, 0.3) is 0 Å². The highest BCUT2D eigenvalue weighted by atomic mass is 14.8. The maximum Gasteiger partial charge on any atom is 0.0849 e. The second-order valence-corrected chi connectivity index (χ2v) is 20.9. The van der Waals surface area contributed by atoms with Crippen LogP contribution < -0.4 is 0 Å². The summed E-state index contributed by atoms with van der Waals surface area (Å²) in [6.45, 7) is 4.49. The zero-order valence-electron chi connectivity index (χ0n) is 38.1. The van der Waals surface area contributed by atoms with Gasteiger partial charge in [-0.05, 0) is 172 Å². The number of nitrogens with zero attached hydrogens (tertiary/aromatic N) is 3. The van der Waals surface area contributed by atoms with Crippen molar-refractivity contribution < 1.29 is 0 Å². The Morgan fingerprint density at radius 2 is 0.617 bits per heavy atom. The lowest BCUT2D eigenvalue weighted by Crippen LogP contribution is -2.13. The molecule has 0 atom stereocenters. The molecule has 0 radical (unpaired) electrons. The molecule has 0 unspecified atom stereocenters. The van der Waals surface area contributed by atoms with E-state index < -0.39 is 0 Å². The third-order valence-corrected chi connectivity index (χ3v) is 16.8. The fourth-order valence-electron chi connectivity index (χ4n) is 13.2. The summed E-state index contributed by atoms with van der Waals surface area (Å²) in [6.07, 6.45) is 40.8. The van der Waals surface area contributed by atoms with Crippen LogP contribution in [0.25, 0.3) is 0 Å². The van der Waals surface area contributed by atoms with Gasteiger partial charge in [-0.25, -0.2) is 4.98 Å². The van der Waals surface area contributed by atoms with Gasteiger partial charge in [0.1, 0.15) is 0 Å². The number of hydrogen-bond donors (Lipinski definition) is 0. The van der Waals surface area contributed by atoms with Crippen molar-refractivity contribution in [2.45, 2.75) is 242 Å². The highest BCUT2D eigenvalue weighted by Crippen LogP contribution is 2.49. The van der Waals surface area contributed by atoms with Crippen LogP contribution in [0.15, 0.2) is 52.4 Å². The van der Waals surface area contributed by atoms with Gasteiger partial charge in [0.05, 0.1) is 34.2 Å². The Bertz CT molecular complexity index is 1720. The van der Waals surface area contributed by atoms with Gasteiger partial charge in [-0.2, -0.15) is 0 Å². The van der Waals surface area contributed by atoms with Crippen LogP contribution in [0, 0.1) is 0 Å². The van der Waals surface area contributed by atoms with Crippen molar-refractivity contribution in [3.8, 4) is 0 Å². The highest BCUT2D eigenvalue weighted by Gasteiger charge is 2.30. The molecular weight excluding hydrogens is 727 g/mol. The minimum Gasteiger partial charge on any atom is -0.251 e. The van der Waals surface area contributed by atoms with Crippen molar-refractivity contribution in [2.75, 3.05) is 0 Å². The molecule has 0 saturated heterocycles. The monoisotopic (exact) mass is 806 g/mol. The number of rotatable bonds is 10. The molecule has 2 aromatic carbocycles. The summed E-state index contributed by atoms with van der Waals surface area (Å²) in [7, 11) is 0. The summed E-state index contributed by atoms with van der Waals surface area (Å²) < 4.78 is 0. The van der Waals surface area contributed by atoms with Crippen molar-refractivity contribution in [2.24, 2.45) is 9.98 Å². The Kier molecular flexibility index (Phi) is 14.4. The van der Waals surface area contributed by atoms with Crippen LogP contribution in [0.1, 0.15) is 287 Å². The van der Waals surface area contributed by atoms with Crippen LogP contribution in [-0.4, -0.2) is 16.4 Å². The number of aliphatic imine (C=N–C) groups is 2. The van der Waals surface area contributed by atoms with Gasteiger partial charge in [0, 0.05) is 0 Å². The van der Waals surface area contributed by atoms with E-state index in [0.717, 1.165) is 34.6 Å². The van der Waals surface area contributed by atoms with Crippen LogP contribution in [0.2, 0.25) is 0 Å². The first-order valence-electron chi connectivity index (χ1n) is 26.0. The molecule has 3 aromatic rings. The quantitative estimate of drug-likeness (QED) is 0.188. The molecule has 6 saturated carbocycles. The van der Waals surface area contributed by atoms with Crippen molar-refractivity contribution in [3.63, 3.8) is 0 Å². The Morgan fingerprint density at radius 1 is 0.367 bits per heavy atom. The molecule has 0 aliphatic heterocycles. The normalized spacial score (nSPS) is 23.3. The molecule has 9 rings (SSSR count). The lowest BCUT2D eigenvalue weighted by molar-refractivity contribution is 0.428. The number of pyridine rings is 1. The van der Waals surface area contributed by atoms with E-state index in [-0.39, 0.29) is 0 Å². The van der Waals surface area contributed by atoms with E-state index in [9.17, 15) is 0 Å². The third-order valence-electron chi connectivity index (χ3n) is 16.8. The Balaban J connectivity index is 1.11. The first kappa shape index (κ1) is 42.2. The average molecular weight is 806 g/mol. The molecule has 1 aromatic heterocycles. The number of aromatic nitrogens is 1. The first-order valence-corrected chi connectivity index (χ1v) is 26.0. The van der Waals surface area contributed by atoms with Gasteiger partial charge < -0.3 is 0 Å². The summed E-state index contributed by atoms with van der Waals surface area (Å²) in [4.78, 5) is 17.0. The standard InChI is InChI=1S/C57H79N3/c1-40(58-56-50(44-26-13-5-14-27-44)36-48(42-22-9-3-10-23-42)37-51(56)45-28-15-6-16-29-45)54-34-21-35-55(60-54)41(2)59-57-52(46-30-17-7-18-31-46)38-49(43-24-11-4-12-25-43)39-53(57)47-32-19-8-20-33-47/h21,34-39,42-47H,3-20,22-33H2,1-2H3. The Labute approximate surface area is 365 Å². The molecule has 0 amide bonds. The first-order chi connectivity index (χ1) is 29.6. The van der Waals surface area contributed by atoms with Crippen LogP contribution >= 0.6 is 0 Å². The molecule has 3 heteroatoms. The molecule has 60 heavy (non-hydrogen) atoms. The van der Waals surface area contributed by atoms with Gasteiger partial charge in [0.15, 0.2) is 0 Å². The molecular formula is C57H79N3. The smallest absolute Gasteiger partial charge is 0.0849 e. The maximum absolute atomic E-state index is 5.77. The predicted octanol–water partition coefficient (Wildman–Crippen LogP) is 17.6. The van der Waals surface area contributed by atoms with Crippen LogP contribution in [-0.2, 0) is 0 Å². The van der Waals surface area contributed by atoms with E-state index in [2.05, 4.69) is 56.3 Å². The van der Waals surface area contributed by atoms with Gasteiger partial charge >= 0.3 is 0 Å². The summed E-state index contributed by atoms with van der Waals surface area (Å²) in [5.74, 6) is 3.97. The number of hydrogen-bond acceptors (Lipinski definition) is 3. The minimum atomic E-state index is 0.631. The largest absolute Gasteiger partial charge is 0.251 e. The third kappa shape index (κ3) is 9.92. The maximum atomic E-state index is 5.77. The zero-order valence-corrected chi connectivity index (χ0v) is 38.1. The highest BCUT2D eigenvalue weighted by molar-refractivity contribution is 6.02. The molecule has 0 spiro atoms. The molecule has 3 nitrogen and oxygen atoms in total. The van der Waals surface area contributed by atoms with Crippen LogP contribution in [0.5, 0.6) is 0 Å². The van der Waals surface area contributed by atoms with Gasteiger partial charge in [-0.3, -0.25) is 9.98 Å². The van der Waals surface area contributed by atoms with E-state index in [1.807, 2.05) is 0 Å². The predicted molar refractivity (Wildman–Crippen MR) is 256 cm³/mol. The van der Waals surface area contributed by atoms with Crippen LogP contribution in [0.3, 0.4) is 0 Å². The SMILES string of the molecule is CC(=Nc1c(C2CCCCC2)cc(C2CCCCC2)cc1C1CCCCC1)c1cccc(C(C)=Nc2c(C3CCCCC3)cc(C3CCCCC3)cc2C2CCCCC2)n1. The average Bonchev–Trinajstić information content (AvgIpc) is 3.33. The van der Waals surface area contributed by atoms with E-state index in [4.69, 9.17) is 15.0 Å². The Hall–Kier alpha value is -3.07. The van der Waals surface area contributed by atoms with Crippen molar-refractivity contribution >= 4 is 22.8 Å². The second kappa shape index (κ2) is 20.4. The van der Waals surface area contributed by atoms with Gasteiger partial charge in [0.2, 0.25) is 0 Å². The molecule has 6 aliphatic rings. The van der Waals surface area contributed by atoms with E-state index in [1.54, 1.807) is 33.4 Å². The topological polar surface area (TPSA) is 37.6 Å². The summed E-state index contributed by atoms with van der Waals surface area (Å²) in [6, 6.07) is 17.4. The summed E-state index contributed by atoms with van der Waals surface area (Å²) >= 11 is 0. The molecule has 0 N–H and O–H groups in total. The molecule has 322 valence electrons. The van der Waals surface area contributed by atoms with E-state index >= 15 is 0 Å². The molecule has 6 aliphatic carbocycles. The summed E-state index contributed by atoms with van der Waals surface area (Å²) in [5, 5.41) is 0. The fourth-order valence-corrected chi connectivity index (χ4v) is 13.2. The lowest BCUT2D eigenvalue weighted by Gasteiger charge is -2.31. The number of benzene rings is 2. The molecule has 6 fully saturated rings. The van der Waals surface area contributed by atoms with Crippen molar-refractivity contribution in [3.05, 3.63) is 87.2 Å².